The molecule has 0 saturated heterocycles. The number of carbonyl (C=O) groups is 2. The Morgan fingerprint density at radius 3 is 2.52 bits per heavy atom. The summed E-state index contributed by atoms with van der Waals surface area (Å²) in [4.78, 5) is 27.0. The Kier molecular flexibility index (Phi) is 6.10. The fourth-order valence-electron chi connectivity index (χ4n) is 4.10. The second-order valence-electron chi connectivity index (χ2n) is 7.28. The normalized spacial score (nSPS) is 19.1. The van der Waals surface area contributed by atoms with Gasteiger partial charge in [0, 0.05) is 24.6 Å². The summed E-state index contributed by atoms with van der Waals surface area (Å²) in [5.74, 6) is 0.781. The summed E-state index contributed by atoms with van der Waals surface area (Å²) in [6.07, 6.45) is 10.0. The van der Waals surface area contributed by atoms with Gasteiger partial charge in [-0.25, -0.2) is 0 Å². The zero-order chi connectivity index (χ0) is 17.6. The number of hydrogen-bond donors (Lipinski definition) is 1. The topological polar surface area (TPSA) is 75.4 Å². The van der Waals surface area contributed by atoms with Gasteiger partial charge in [0.05, 0.1) is 6.54 Å². The molecule has 0 aromatic carbocycles. The van der Waals surface area contributed by atoms with Crippen molar-refractivity contribution in [1.29, 1.82) is 0 Å². The van der Waals surface area contributed by atoms with Crippen LogP contribution in [-0.4, -0.2) is 34.5 Å². The van der Waals surface area contributed by atoms with Crippen molar-refractivity contribution in [2.75, 3.05) is 6.54 Å². The highest BCUT2D eigenvalue weighted by molar-refractivity contribution is 5.92. The van der Waals surface area contributed by atoms with E-state index in [4.69, 9.17) is 4.52 Å². The van der Waals surface area contributed by atoms with Crippen LogP contribution >= 0.6 is 0 Å². The molecule has 138 valence electrons. The van der Waals surface area contributed by atoms with E-state index in [1.807, 2.05) is 11.8 Å². The summed E-state index contributed by atoms with van der Waals surface area (Å²) < 4.78 is 5.35. The molecule has 1 N–H and O–H groups in total. The number of rotatable bonds is 6. The van der Waals surface area contributed by atoms with Crippen molar-refractivity contribution >= 4 is 11.8 Å². The molecule has 2 aliphatic rings. The molecule has 1 aromatic heterocycles. The summed E-state index contributed by atoms with van der Waals surface area (Å²) in [6, 6.07) is 1.97. The van der Waals surface area contributed by atoms with Crippen LogP contribution in [0.1, 0.15) is 81.0 Å². The lowest BCUT2D eigenvalue weighted by Crippen LogP contribution is -2.42. The molecule has 2 aliphatic carbocycles. The van der Waals surface area contributed by atoms with E-state index in [2.05, 4.69) is 10.5 Å². The SMILES string of the molecule is CCNC(=O)c1cc(CN(C(=O)C2CCCCC2)C2CCCC2)on1. The Hall–Kier alpha value is -1.85. The maximum absolute atomic E-state index is 13.1. The van der Waals surface area contributed by atoms with E-state index in [0.717, 1.165) is 38.5 Å². The van der Waals surface area contributed by atoms with Gasteiger partial charge in [0.25, 0.3) is 5.91 Å². The van der Waals surface area contributed by atoms with Crippen molar-refractivity contribution in [3.05, 3.63) is 17.5 Å². The second-order valence-corrected chi connectivity index (χ2v) is 7.28. The average Bonchev–Trinajstić information content (AvgIpc) is 3.32. The minimum absolute atomic E-state index is 0.153. The quantitative estimate of drug-likeness (QED) is 0.857. The molecule has 25 heavy (non-hydrogen) atoms. The molecule has 0 bridgehead atoms. The Balaban J connectivity index is 1.71. The molecule has 0 aliphatic heterocycles. The zero-order valence-corrected chi connectivity index (χ0v) is 15.1. The predicted octanol–water partition coefficient (Wildman–Crippen LogP) is 3.28. The number of carbonyl (C=O) groups excluding carboxylic acids is 2. The Morgan fingerprint density at radius 2 is 1.84 bits per heavy atom. The first kappa shape index (κ1) is 18.0. The van der Waals surface area contributed by atoms with Crippen molar-refractivity contribution in [2.45, 2.75) is 77.3 Å². The van der Waals surface area contributed by atoms with Crippen LogP contribution in [0.5, 0.6) is 0 Å². The highest BCUT2D eigenvalue weighted by Gasteiger charge is 2.33. The Labute approximate surface area is 149 Å². The van der Waals surface area contributed by atoms with Crippen LogP contribution in [0.2, 0.25) is 0 Å². The molecule has 1 heterocycles. The summed E-state index contributed by atoms with van der Waals surface area (Å²) in [5.41, 5.74) is 0.285. The van der Waals surface area contributed by atoms with Crippen LogP contribution in [0.4, 0.5) is 0 Å². The monoisotopic (exact) mass is 347 g/mol. The second kappa shape index (κ2) is 8.50. The van der Waals surface area contributed by atoms with Gasteiger partial charge in [-0.05, 0) is 32.6 Å². The first-order chi connectivity index (χ1) is 12.2. The third-order valence-electron chi connectivity index (χ3n) is 5.46. The average molecular weight is 347 g/mol. The number of nitrogens with one attached hydrogen (secondary N) is 1. The van der Waals surface area contributed by atoms with Crippen LogP contribution < -0.4 is 5.32 Å². The van der Waals surface area contributed by atoms with Crippen molar-refractivity contribution in [3.8, 4) is 0 Å². The Morgan fingerprint density at radius 1 is 1.16 bits per heavy atom. The molecular formula is C19H29N3O3. The number of hydrogen-bond acceptors (Lipinski definition) is 4. The zero-order valence-electron chi connectivity index (χ0n) is 15.1. The van der Waals surface area contributed by atoms with Crippen LogP contribution in [-0.2, 0) is 11.3 Å². The molecule has 2 fully saturated rings. The van der Waals surface area contributed by atoms with Crippen LogP contribution in [0.25, 0.3) is 0 Å². The van der Waals surface area contributed by atoms with Gasteiger partial charge in [0.15, 0.2) is 11.5 Å². The number of amides is 2. The van der Waals surface area contributed by atoms with Gasteiger partial charge in [-0.1, -0.05) is 37.3 Å². The van der Waals surface area contributed by atoms with Gasteiger partial charge in [-0.3, -0.25) is 9.59 Å². The van der Waals surface area contributed by atoms with E-state index in [1.54, 1.807) is 6.07 Å². The fourth-order valence-corrected chi connectivity index (χ4v) is 4.10. The minimum Gasteiger partial charge on any atom is -0.359 e. The minimum atomic E-state index is -0.233. The molecule has 0 spiro atoms. The summed E-state index contributed by atoms with van der Waals surface area (Å²) in [7, 11) is 0. The molecule has 1 aromatic rings. The Bertz CT molecular complexity index is 586. The summed E-state index contributed by atoms with van der Waals surface area (Å²) in [6.45, 7) is 2.84. The van der Waals surface area contributed by atoms with Gasteiger partial charge in [0.2, 0.25) is 5.91 Å². The lowest BCUT2D eigenvalue weighted by molar-refractivity contribution is -0.140. The third-order valence-corrected chi connectivity index (χ3v) is 5.46. The van der Waals surface area contributed by atoms with Gasteiger partial charge in [-0.15, -0.1) is 0 Å². The molecule has 2 saturated carbocycles. The van der Waals surface area contributed by atoms with Gasteiger partial charge >= 0.3 is 0 Å². The lowest BCUT2D eigenvalue weighted by Gasteiger charge is -2.33. The molecule has 6 nitrogen and oxygen atoms in total. The summed E-state index contributed by atoms with van der Waals surface area (Å²) in [5, 5.41) is 6.58. The number of nitrogens with zero attached hydrogens (tertiary/aromatic N) is 2. The van der Waals surface area contributed by atoms with Gasteiger partial charge < -0.3 is 14.7 Å². The van der Waals surface area contributed by atoms with E-state index in [1.165, 1.54) is 19.3 Å². The third kappa shape index (κ3) is 4.41. The summed E-state index contributed by atoms with van der Waals surface area (Å²) >= 11 is 0. The van der Waals surface area contributed by atoms with Crippen molar-refractivity contribution in [2.24, 2.45) is 5.92 Å². The first-order valence-corrected chi connectivity index (χ1v) is 9.73. The molecule has 3 rings (SSSR count). The van der Waals surface area contributed by atoms with Crippen LogP contribution in [0.3, 0.4) is 0 Å². The van der Waals surface area contributed by atoms with Crippen LogP contribution in [0, 0.1) is 5.92 Å². The van der Waals surface area contributed by atoms with Gasteiger partial charge in [-0.2, -0.15) is 0 Å². The maximum Gasteiger partial charge on any atom is 0.273 e. The van der Waals surface area contributed by atoms with Gasteiger partial charge in [0.1, 0.15) is 0 Å². The smallest absolute Gasteiger partial charge is 0.273 e. The van der Waals surface area contributed by atoms with Crippen molar-refractivity contribution in [1.82, 2.24) is 15.4 Å². The van der Waals surface area contributed by atoms with E-state index in [9.17, 15) is 9.59 Å². The van der Waals surface area contributed by atoms with E-state index < -0.39 is 0 Å². The molecular weight excluding hydrogens is 318 g/mol. The molecule has 0 radical (unpaired) electrons. The maximum atomic E-state index is 13.1. The fraction of sp³-hybridized carbons (Fsp3) is 0.737. The highest BCUT2D eigenvalue weighted by atomic mass is 16.5. The molecule has 0 unspecified atom stereocenters. The lowest BCUT2D eigenvalue weighted by atomic mass is 9.88. The highest BCUT2D eigenvalue weighted by Crippen LogP contribution is 2.31. The van der Waals surface area contributed by atoms with E-state index >= 15 is 0 Å². The molecule has 6 heteroatoms. The van der Waals surface area contributed by atoms with E-state index in [-0.39, 0.29) is 23.4 Å². The standard InChI is InChI=1S/C19H29N3O3/c1-2-20-18(23)17-12-16(25-21-17)13-22(15-10-6-7-11-15)19(24)14-8-4-3-5-9-14/h12,14-15H,2-11,13H2,1H3,(H,20,23). The van der Waals surface area contributed by atoms with Crippen molar-refractivity contribution < 1.29 is 14.1 Å². The largest absolute Gasteiger partial charge is 0.359 e. The van der Waals surface area contributed by atoms with E-state index in [0.29, 0.717) is 24.9 Å². The molecule has 0 atom stereocenters. The molecule has 2 amide bonds. The number of aromatic nitrogens is 1. The predicted molar refractivity (Wildman–Crippen MR) is 93.9 cm³/mol. The van der Waals surface area contributed by atoms with Crippen LogP contribution in [0.15, 0.2) is 10.6 Å². The first-order valence-electron chi connectivity index (χ1n) is 9.73. The van der Waals surface area contributed by atoms with Crippen molar-refractivity contribution in [3.63, 3.8) is 0 Å².